The zero-order valence-electron chi connectivity index (χ0n) is 42.0. The van der Waals surface area contributed by atoms with E-state index >= 15 is 0 Å². The number of aromatic nitrogens is 4. The molecule has 0 radical (unpaired) electrons. The third-order valence-corrected chi connectivity index (χ3v) is 14.2. The van der Waals surface area contributed by atoms with E-state index in [0.717, 1.165) is 79.1 Å². The number of carbonyl (C=O) groups excluding carboxylic acids is 5. The average Bonchev–Trinajstić information content (AvgIpc) is 4.05. The van der Waals surface area contributed by atoms with Gasteiger partial charge in [-0.2, -0.15) is 5.10 Å². The highest BCUT2D eigenvalue weighted by molar-refractivity contribution is 6.05. The van der Waals surface area contributed by atoms with Gasteiger partial charge < -0.3 is 44.4 Å². The molecule has 5 aromatic rings. The van der Waals surface area contributed by atoms with Crippen LogP contribution in [0.15, 0.2) is 97.8 Å². The molecule has 0 bridgehead atoms. The van der Waals surface area contributed by atoms with E-state index in [-0.39, 0.29) is 36.7 Å². The van der Waals surface area contributed by atoms with Gasteiger partial charge in [0.1, 0.15) is 18.4 Å². The molecule has 3 fully saturated rings. The molecule has 5 amide bonds. The van der Waals surface area contributed by atoms with E-state index in [1.807, 2.05) is 77.7 Å². The standard InChI is InChI=1S/C55H65N11O8/c1-38(57-51(69)41-10-6-11-43(33-41)60-55(19-23-63(2)24-20-55)54-59-50(61-62-54)39-17-21-56-22-18-39)40-9-7-12-45(35-40)74-32-5-3-4-29-72-30-8-31-73-37-49(68)65-27-25-64(26-28-65)44-13-14-46-42(34-44)36-66(53(46)71)47-15-16-48(67)58-52(47)70/h6-7,9-14,17-18,21-22,33-35,47,60H,1,3-5,8,15-16,19-20,23-32,36-37H2,2H3,(H,57,69)(H,58,67,70)(H,59,61,62). The van der Waals surface area contributed by atoms with Crippen LogP contribution in [0.4, 0.5) is 11.4 Å². The lowest BCUT2D eigenvalue weighted by atomic mass is 9.86. The smallest absolute Gasteiger partial charge is 0.255 e. The van der Waals surface area contributed by atoms with Crippen LogP contribution in [-0.4, -0.2) is 150 Å². The molecule has 9 rings (SSSR count). The minimum Gasteiger partial charge on any atom is -0.494 e. The Balaban J connectivity index is 0.623. The highest BCUT2D eigenvalue weighted by Gasteiger charge is 2.40. The van der Waals surface area contributed by atoms with Crippen LogP contribution in [0.2, 0.25) is 0 Å². The molecule has 3 saturated heterocycles. The lowest BCUT2D eigenvalue weighted by Gasteiger charge is -2.40. The first-order valence-corrected chi connectivity index (χ1v) is 25.6. The van der Waals surface area contributed by atoms with E-state index < -0.39 is 17.5 Å². The predicted molar refractivity (Wildman–Crippen MR) is 278 cm³/mol. The number of carbonyl (C=O) groups is 5. The fourth-order valence-corrected chi connectivity index (χ4v) is 9.86. The van der Waals surface area contributed by atoms with Gasteiger partial charge in [-0.1, -0.05) is 24.8 Å². The van der Waals surface area contributed by atoms with Crippen molar-refractivity contribution in [3.05, 3.63) is 126 Å². The minimum absolute atomic E-state index is 0.0248. The second-order valence-corrected chi connectivity index (χ2v) is 19.3. The summed E-state index contributed by atoms with van der Waals surface area (Å²) in [5, 5.41) is 16.8. The number of piperazine rings is 1. The maximum absolute atomic E-state index is 13.6. The predicted octanol–water partition coefficient (Wildman–Crippen LogP) is 5.38. The Morgan fingerprint density at radius 1 is 0.824 bits per heavy atom. The van der Waals surface area contributed by atoms with Gasteiger partial charge in [0.25, 0.3) is 11.8 Å². The average molecular weight is 1010 g/mol. The minimum atomic E-state index is -0.646. The van der Waals surface area contributed by atoms with E-state index in [1.165, 1.54) is 0 Å². The molecule has 2 aromatic heterocycles. The fraction of sp³-hybridized carbons (Fsp3) is 0.418. The number of hydrogen-bond donors (Lipinski definition) is 4. The van der Waals surface area contributed by atoms with Crippen molar-refractivity contribution in [2.75, 3.05) is 89.6 Å². The van der Waals surface area contributed by atoms with E-state index in [0.29, 0.717) is 100 Å². The second kappa shape index (κ2) is 24.0. The molecule has 0 aliphatic carbocycles. The number of nitrogens with zero attached hydrogens (tertiary/aromatic N) is 7. The summed E-state index contributed by atoms with van der Waals surface area (Å²) in [6.45, 7) is 10.8. The van der Waals surface area contributed by atoms with Gasteiger partial charge in [0.05, 0.1) is 12.1 Å². The van der Waals surface area contributed by atoms with Crippen LogP contribution in [0.1, 0.15) is 89.0 Å². The number of ether oxygens (including phenoxy) is 3. The Hall–Kier alpha value is -7.48. The molecule has 4 N–H and O–H groups in total. The van der Waals surface area contributed by atoms with Crippen LogP contribution >= 0.6 is 0 Å². The Labute approximate surface area is 431 Å². The van der Waals surface area contributed by atoms with Gasteiger partial charge in [0, 0.05) is 124 Å². The number of hydrogen-bond acceptors (Lipinski definition) is 14. The number of H-pyrrole nitrogens is 1. The molecule has 0 spiro atoms. The molecule has 0 saturated carbocycles. The number of unbranched alkanes of at least 4 members (excludes halogenated alkanes) is 2. The van der Waals surface area contributed by atoms with Crippen LogP contribution in [-0.2, 0) is 35.9 Å². The van der Waals surface area contributed by atoms with E-state index in [4.69, 9.17) is 19.2 Å². The van der Waals surface area contributed by atoms with Gasteiger partial charge in [-0.3, -0.25) is 39.4 Å². The van der Waals surface area contributed by atoms with Gasteiger partial charge in [-0.15, -0.1) is 0 Å². The van der Waals surface area contributed by atoms with Crippen LogP contribution in [0.25, 0.3) is 17.1 Å². The largest absolute Gasteiger partial charge is 0.494 e. The van der Waals surface area contributed by atoms with Crippen molar-refractivity contribution in [1.82, 2.24) is 45.5 Å². The van der Waals surface area contributed by atoms with Crippen LogP contribution < -0.4 is 25.6 Å². The first kappa shape index (κ1) is 51.4. The van der Waals surface area contributed by atoms with Crippen molar-refractivity contribution in [3.63, 3.8) is 0 Å². The van der Waals surface area contributed by atoms with Crippen molar-refractivity contribution < 1.29 is 38.2 Å². The second-order valence-electron chi connectivity index (χ2n) is 19.3. The summed E-state index contributed by atoms with van der Waals surface area (Å²) in [6.07, 6.45) is 8.97. The summed E-state index contributed by atoms with van der Waals surface area (Å²) in [5.74, 6) is 0.826. The van der Waals surface area contributed by atoms with Crippen LogP contribution in [0.3, 0.4) is 0 Å². The first-order chi connectivity index (χ1) is 36.0. The molecule has 74 heavy (non-hydrogen) atoms. The Bertz CT molecular complexity index is 2810. The third kappa shape index (κ3) is 12.6. The molecular formula is C55H65N11O8. The Kier molecular flexibility index (Phi) is 16.7. The molecule has 19 nitrogen and oxygen atoms in total. The maximum atomic E-state index is 13.6. The summed E-state index contributed by atoms with van der Waals surface area (Å²) in [4.78, 5) is 80.5. The molecule has 19 heteroatoms. The number of benzene rings is 3. The Morgan fingerprint density at radius 2 is 1.58 bits per heavy atom. The first-order valence-electron chi connectivity index (χ1n) is 25.6. The van der Waals surface area contributed by atoms with E-state index in [1.54, 1.807) is 23.4 Å². The van der Waals surface area contributed by atoms with Crippen molar-refractivity contribution in [1.29, 1.82) is 0 Å². The van der Waals surface area contributed by atoms with Gasteiger partial charge in [-0.05, 0) is 118 Å². The van der Waals surface area contributed by atoms with Crippen molar-refractivity contribution in [3.8, 4) is 17.1 Å². The van der Waals surface area contributed by atoms with Gasteiger partial charge >= 0.3 is 0 Å². The van der Waals surface area contributed by atoms with Crippen molar-refractivity contribution in [2.24, 2.45) is 0 Å². The molecule has 6 heterocycles. The SMILES string of the molecule is C=C(NC(=O)c1cccc(NC2(c3nc(-c4ccncc4)n[nH]3)CCN(C)CC2)c1)c1cccc(OCCCCCOCCCOCC(=O)N2CCN(c3ccc4c(c3)CN(C3CCC(=O)NC3=O)C4=O)CC2)c1. The number of imide groups is 1. The quantitative estimate of drug-likeness (QED) is 0.0506. The molecule has 4 aliphatic rings. The topological polar surface area (TPSA) is 217 Å². The summed E-state index contributed by atoms with van der Waals surface area (Å²) in [5.41, 5.74) is 5.31. The van der Waals surface area contributed by atoms with Gasteiger partial charge in [0.15, 0.2) is 11.6 Å². The maximum Gasteiger partial charge on any atom is 0.255 e. The number of amides is 5. The summed E-state index contributed by atoms with van der Waals surface area (Å²) < 4.78 is 17.6. The number of likely N-dealkylation sites (tertiary alicyclic amines) is 1. The number of rotatable bonds is 22. The van der Waals surface area contributed by atoms with Gasteiger partial charge in [-0.25, -0.2) is 4.98 Å². The number of aromatic amines is 1. The number of nitrogens with one attached hydrogen (secondary N) is 4. The molecule has 3 aromatic carbocycles. The van der Waals surface area contributed by atoms with Crippen LogP contribution in [0, 0.1) is 0 Å². The highest BCUT2D eigenvalue weighted by atomic mass is 16.5. The lowest BCUT2D eigenvalue weighted by molar-refractivity contribution is -0.137. The van der Waals surface area contributed by atoms with E-state index in [2.05, 4.69) is 54.6 Å². The lowest BCUT2D eigenvalue weighted by Crippen LogP contribution is -2.52. The summed E-state index contributed by atoms with van der Waals surface area (Å²) in [6, 6.07) is 23.9. The third-order valence-electron chi connectivity index (χ3n) is 14.2. The van der Waals surface area contributed by atoms with Crippen LogP contribution in [0.5, 0.6) is 5.75 Å². The highest BCUT2D eigenvalue weighted by Crippen LogP contribution is 2.36. The fourth-order valence-electron chi connectivity index (χ4n) is 9.86. The normalized spacial score (nSPS) is 17.7. The molecule has 388 valence electrons. The number of pyridine rings is 1. The molecular weight excluding hydrogens is 943 g/mol. The summed E-state index contributed by atoms with van der Waals surface area (Å²) in [7, 11) is 2.11. The van der Waals surface area contributed by atoms with Crippen molar-refractivity contribution >= 4 is 46.6 Å². The Morgan fingerprint density at radius 3 is 2.39 bits per heavy atom. The zero-order valence-corrected chi connectivity index (χ0v) is 42.0. The summed E-state index contributed by atoms with van der Waals surface area (Å²) >= 11 is 0. The van der Waals surface area contributed by atoms with Crippen molar-refractivity contribution in [2.45, 2.75) is 69.5 Å². The number of fused-ring (bicyclic) bond motifs is 1. The van der Waals surface area contributed by atoms with Gasteiger partial charge in [0.2, 0.25) is 17.7 Å². The monoisotopic (exact) mass is 1010 g/mol. The zero-order chi connectivity index (χ0) is 51.4. The molecule has 1 atom stereocenters. The number of anilines is 2. The molecule has 4 aliphatic heterocycles. The molecule has 1 unspecified atom stereocenters. The number of piperidine rings is 2. The van der Waals surface area contributed by atoms with E-state index in [9.17, 15) is 24.0 Å².